The van der Waals surface area contributed by atoms with Crippen LogP contribution in [0.2, 0.25) is 5.02 Å². The number of nitrogens with two attached hydrogens (primary N) is 1. The Morgan fingerprint density at radius 2 is 1.90 bits per heavy atom. The molecule has 1 aromatic carbocycles. The van der Waals surface area contributed by atoms with Gasteiger partial charge in [-0.25, -0.2) is 0 Å². The smallest absolute Gasteiger partial charge is 0.0410 e. The van der Waals surface area contributed by atoms with Crippen LogP contribution in [0.4, 0.5) is 5.69 Å². The summed E-state index contributed by atoms with van der Waals surface area (Å²) in [5, 5.41) is 0.786. The average Bonchev–Trinajstić information content (AvgIpc) is 2.38. The first kappa shape index (κ1) is 17.3. The predicted molar refractivity (Wildman–Crippen MR) is 89.9 cm³/mol. The molecule has 0 saturated carbocycles. The second-order valence-electron chi connectivity index (χ2n) is 5.72. The van der Waals surface area contributed by atoms with Crippen molar-refractivity contribution < 1.29 is 0 Å². The summed E-state index contributed by atoms with van der Waals surface area (Å²) < 4.78 is 0. The molecule has 1 atom stereocenters. The van der Waals surface area contributed by atoms with Crippen molar-refractivity contribution in [2.45, 2.75) is 32.2 Å². The van der Waals surface area contributed by atoms with Crippen LogP contribution in [0.15, 0.2) is 18.2 Å². The summed E-state index contributed by atoms with van der Waals surface area (Å²) >= 11 is 6.13. The third kappa shape index (κ3) is 5.70. The maximum Gasteiger partial charge on any atom is 0.0410 e. The normalized spacial score (nSPS) is 12.8. The highest BCUT2D eigenvalue weighted by Gasteiger charge is 2.11. The van der Waals surface area contributed by atoms with E-state index in [1.165, 1.54) is 11.3 Å². The number of hydrogen-bond donors (Lipinski definition) is 1. The Kier molecular flexibility index (Phi) is 7.35. The third-order valence-electron chi connectivity index (χ3n) is 3.56. The lowest BCUT2D eigenvalue weighted by molar-refractivity contribution is 0.401. The minimum Gasteiger partial charge on any atom is -0.374 e. The van der Waals surface area contributed by atoms with Gasteiger partial charge in [0.25, 0.3) is 0 Å². The Balaban J connectivity index is 2.76. The molecular formula is C16H28ClN3. The number of benzene rings is 1. The van der Waals surface area contributed by atoms with Crippen molar-refractivity contribution in [2.75, 3.05) is 39.1 Å². The second-order valence-corrected chi connectivity index (χ2v) is 6.16. The molecule has 0 saturated heterocycles. The molecule has 0 aliphatic carbocycles. The van der Waals surface area contributed by atoms with Crippen LogP contribution in [0.25, 0.3) is 0 Å². The van der Waals surface area contributed by atoms with Gasteiger partial charge in [0.1, 0.15) is 0 Å². The molecule has 0 spiro atoms. The van der Waals surface area contributed by atoms with Gasteiger partial charge in [-0.2, -0.15) is 0 Å². The van der Waals surface area contributed by atoms with Crippen LogP contribution in [-0.4, -0.2) is 45.2 Å². The highest BCUT2D eigenvalue weighted by Crippen LogP contribution is 2.25. The zero-order valence-corrected chi connectivity index (χ0v) is 14.0. The maximum absolute atomic E-state index is 6.13. The van der Waals surface area contributed by atoms with E-state index < -0.39 is 0 Å². The fourth-order valence-corrected chi connectivity index (χ4v) is 2.46. The van der Waals surface area contributed by atoms with E-state index in [1.807, 2.05) is 6.07 Å². The van der Waals surface area contributed by atoms with Crippen molar-refractivity contribution in [3.05, 3.63) is 28.8 Å². The van der Waals surface area contributed by atoms with E-state index in [0.29, 0.717) is 0 Å². The molecule has 1 aromatic rings. The number of halogens is 1. The molecule has 0 amide bonds. The van der Waals surface area contributed by atoms with E-state index in [0.717, 1.165) is 37.4 Å². The Bertz CT molecular complexity index is 407. The number of nitrogens with zero attached hydrogens (tertiary/aromatic N) is 2. The van der Waals surface area contributed by atoms with E-state index in [9.17, 15) is 0 Å². The molecule has 4 heteroatoms. The molecule has 0 aliphatic heterocycles. The van der Waals surface area contributed by atoms with Crippen molar-refractivity contribution in [3.8, 4) is 0 Å². The SMILES string of the molecule is CCC(N)Cc1cc(Cl)ccc1N(C)CCCN(C)C. The molecular weight excluding hydrogens is 270 g/mol. The van der Waals surface area contributed by atoms with Crippen LogP contribution in [0.3, 0.4) is 0 Å². The Labute approximate surface area is 128 Å². The van der Waals surface area contributed by atoms with Gasteiger partial charge in [-0.3, -0.25) is 0 Å². The quantitative estimate of drug-likeness (QED) is 0.800. The third-order valence-corrected chi connectivity index (χ3v) is 3.79. The van der Waals surface area contributed by atoms with E-state index in [1.54, 1.807) is 0 Å². The van der Waals surface area contributed by atoms with Gasteiger partial charge in [-0.15, -0.1) is 0 Å². The largest absolute Gasteiger partial charge is 0.374 e. The molecule has 20 heavy (non-hydrogen) atoms. The summed E-state index contributed by atoms with van der Waals surface area (Å²) in [7, 11) is 6.35. The van der Waals surface area contributed by atoms with Gasteiger partial charge < -0.3 is 15.5 Å². The van der Waals surface area contributed by atoms with Gasteiger partial charge >= 0.3 is 0 Å². The minimum absolute atomic E-state index is 0.197. The Morgan fingerprint density at radius 1 is 1.20 bits per heavy atom. The molecule has 0 bridgehead atoms. The minimum atomic E-state index is 0.197. The highest BCUT2D eigenvalue weighted by atomic mass is 35.5. The zero-order chi connectivity index (χ0) is 15.1. The first-order valence-corrected chi connectivity index (χ1v) is 7.71. The van der Waals surface area contributed by atoms with Crippen LogP contribution in [0.5, 0.6) is 0 Å². The van der Waals surface area contributed by atoms with Crippen molar-refractivity contribution in [2.24, 2.45) is 5.73 Å². The van der Waals surface area contributed by atoms with Gasteiger partial charge in [0, 0.05) is 30.3 Å². The maximum atomic E-state index is 6.13. The van der Waals surface area contributed by atoms with Crippen molar-refractivity contribution in [1.82, 2.24) is 4.90 Å². The molecule has 114 valence electrons. The van der Waals surface area contributed by atoms with Crippen LogP contribution in [0.1, 0.15) is 25.3 Å². The van der Waals surface area contributed by atoms with Crippen molar-refractivity contribution >= 4 is 17.3 Å². The monoisotopic (exact) mass is 297 g/mol. The summed E-state index contributed by atoms with van der Waals surface area (Å²) in [4.78, 5) is 4.52. The van der Waals surface area contributed by atoms with Crippen LogP contribution < -0.4 is 10.6 Å². The fourth-order valence-electron chi connectivity index (χ4n) is 2.26. The average molecular weight is 298 g/mol. The standard InChI is InChI=1S/C16H28ClN3/c1-5-15(18)12-13-11-14(17)7-8-16(13)20(4)10-6-9-19(2)3/h7-8,11,15H,5-6,9-10,12,18H2,1-4H3. The number of anilines is 1. The second kappa shape index (κ2) is 8.50. The molecule has 0 aliphatic rings. The molecule has 0 radical (unpaired) electrons. The first-order chi connectivity index (χ1) is 9.43. The summed E-state index contributed by atoms with van der Waals surface area (Å²) in [5.41, 5.74) is 8.59. The Hall–Kier alpha value is -0.770. The van der Waals surface area contributed by atoms with E-state index >= 15 is 0 Å². The van der Waals surface area contributed by atoms with E-state index in [-0.39, 0.29) is 6.04 Å². The van der Waals surface area contributed by atoms with Gasteiger partial charge in [0.2, 0.25) is 0 Å². The van der Waals surface area contributed by atoms with Crippen molar-refractivity contribution in [1.29, 1.82) is 0 Å². The molecule has 1 unspecified atom stereocenters. The lowest BCUT2D eigenvalue weighted by Crippen LogP contribution is -2.26. The summed E-state index contributed by atoms with van der Waals surface area (Å²) in [6.45, 7) is 4.26. The highest BCUT2D eigenvalue weighted by molar-refractivity contribution is 6.30. The molecule has 2 N–H and O–H groups in total. The van der Waals surface area contributed by atoms with Gasteiger partial charge in [-0.05, 0) is 63.7 Å². The molecule has 0 heterocycles. The van der Waals surface area contributed by atoms with Crippen LogP contribution in [-0.2, 0) is 6.42 Å². The predicted octanol–water partition coefficient (Wildman–Crippen LogP) is 3.01. The molecule has 0 aromatic heterocycles. The molecule has 3 nitrogen and oxygen atoms in total. The lowest BCUT2D eigenvalue weighted by atomic mass is 10.0. The molecule has 1 rings (SSSR count). The van der Waals surface area contributed by atoms with Gasteiger partial charge in [0.05, 0.1) is 0 Å². The molecule has 0 fully saturated rings. The fraction of sp³-hybridized carbons (Fsp3) is 0.625. The van der Waals surface area contributed by atoms with E-state index in [2.05, 4.69) is 50.0 Å². The Morgan fingerprint density at radius 3 is 2.50 bits per heavy atom. The summed E-state index contributed by atoms with van der Waals surface area (Å²) in [6.07, 6.45) is 3.01. The van der Waals surface area contributed by atoms with Gasteiger partial charge in [-0.1, -0.05) is 18.5 Å². The van der Waals surface area contributed by atoms with Crippen molar-refractivity contribution in [3.63, 3.8) is 0 Å². The van der Waals surface area contributed by atoms with Gasteiger partial charge in [0.15, 0.2) is 0 Å². The number of rotatable bonds is 8. The summed E-state index contributed by atoms with van der Waals surface area (Å²) in [5.74, 6) is 0. The van der Waals surface area contributed by atoms with Crippen LogP contribution >= 0.6 is 11.6 Å². The zero-order valence-electron chi connectivity index (χ0n) is 13.2. The number of hydrogen-bond acceptors (Lipinski definition) is 3. The lowest BCUT2D eigenvalue weighted by Gasteiger charge is -2.24. The first-order valence-electron chi connectivity index (χ1n) is 7.34. The topological polar surface area (TPSA) is 32.5 Å². The van der Waals surface area contributed by atoms with E-state index in [4.69, 9.17) is 17.3 Å². The summed E-state index contributed by atoms with van der Waals surface area (Å²) in [6, 6.07) is 6.31. The van der Waals surface area contributed by atoms with Crippen LogP contribution in [0, 0.1) is 0 Å².